The van der Waals surface area contributed by atoms with Gasteiger partial charge in [-0.1, -0.05) is 17.4 Å². The van der Waals surface area contributed by atoms with E-state index < -0.39 is 0 Å². The SMILES string of the molecule is N[C@H](CNc1ncc(-c2ccc3[nH]ncc3c2)s1)CC1CCC(Cl)CC1. The van der Waals surface area contributed by atoms with Crippen LogP contribution in [0.1, 0.15) is 32.1 Å². The van der Waals surface area contributed by atoms with E-state index in [1.165, 1.54) is 12.8 Å². The highest BCUT2D eigenvalue weighted by molar-refractivity contribution is 7.18. The zero-order valence-electron chi connectivity index (χ0n) is 14.6. The second-order valence-corrected chi connectivity index (χ2v) is 8.84. The van der Waals surface area contributed by atoms with Gasteiger partial charge in [-0.3, -0.25) is 5.10 Å². The maximum Gasteiger partial charge on any atom is 0.183 e. The molecule has 4 N–H and O–H groups in total. The third kappa shape index (κ3) is 4.19. The highest BCUT2D eigenvalue weighted by Gasteiger charge is 2.21. The van der Waals surface area contributed by atoms with Crippen molar-refractivity contribution in [3.8, 4) is 10.4 Å². The molecule has 0 bridgehead atoms. The summed E-state index contributed by atoms with van der Waals surface area (Å²) in [7, 11) is 0. The van der Waals surface area contributed by atoms with Gasteiger partial charge in [-0.2, -0.15) is 5.10 Å². The summed E-state index contributed by atoms with van der Waals surface area (Å²) in [5, 5.41) is 12.9. The monoisotopic (exact) mass is 389 g/mol. The van der Waals surface area contributed by atoms with E-state index in [4.69, 9.17) is 17.3 Å². The van der Waals surface area contributed by atoms with E-state index >= 15 is 0 Å². The van der Waals surface area contributed by atoms with Crippen molar-refractivity contribution in [2.75, 3.05) is 11.9 Å². The molecule has 1 fully saturated rings. The zero-order valence-corrected chi connectivity index (χ0v) is 16.2. The lowest BCUT2D eigenvalue weighted by atomic mass is 9.84. The molecule has 0 radical (unpaired) electrons. The van der Waals surface area contributed by atoms with Crippen LogP contribution in [0.4, 0.5) is 5.13 Å². The Bertz CT molecular complexity index is 852. The first kappa shape index (κ1) is 17.8. The van der Waals surface area contributed by atoms with Crippen LogP contribution in [-0.4, -0.2) is 33.1 Å². The number of hydrogen-bond donors (Lipinski definition) is 3. The number of fused-ring (bicyclic) bond motifs is 1. The van der Waals surface area contributed by atoms with E-state index in [2.05, 4.69) is 38.7 Å². The van der Waals surface area contributed by atoms with Crippen molar-refractivity contribution < 1.29 is 0 Å². The minimum absolute atomic E-state index is 0.154. The van der Waals surface area contributed by atoms with Gasteiger partial charge in [0.2, 0.25) is 0 Å². The number of halogens is 1. The first-order valence-electron chi connectivity index (χ1n) is 9.20. The summed E-state index contributed by atoms with van der Waals surface area (Å²) in [5.41, 5.74) is 8.53. The molecule has 0 unspecified atom stereocenters. The van der Waals surface area contributed by atoms with Crippen molar-refractivity contribution in [2.45, 2.75) is 43.5 Å². The number of nitrogens with one attached hydrogen (secondary N) is 2. The van der Waals surface area contributed by atoms with Gasteiger partial charge >= 0.3 is 0 Å². The molecule has 2 heterocycles. The topological polar surface area (TPSA) is 79.6 Å². The number of hydrogen-bond acceptors (Lipinski definition) is 5. The lowest BCUT2D eigenvalue weighted by molar-refractivity contribution is 0.324. The number of anilines is 1. The number of alkyl halides is 1. The Morgan fingerprint density at radius 2 is 2.12 bits per heavy atom. The molecule has 4 rings (SSSR count). The van der Waals surface area contributed by atoms with Crippen molar-refractivity contribution in [1.82, 2.24) is 15.2 Å². The van der Waals surface area contributed by atoms with E-state index in [1.807, 2.05) is 12.4 Å². The predicted octanol–water partition coefficient (Wildman–Crippen LogP) is 4.61. The van der Waals surface area contributed by atoms with E-state index in [0.717, 1.165) is 58.2 Å². The van der Waals surface area contributed by atoms with Gasteiger partial charge in [0.1, 0.15) is 0 Å². The molecule has 0 spiro atoms. The van der Waals surface area contributed by atoms with Gasteiger partial charge in [0.25, 0.3) is 0 Å². The highest BCUT2D eigenvalue weighted by atomic mass is 35.5. The van der Waals surface area contributed by atoms with Gasteiger partial charge in [0, 0.05) is 29.5 Å². The van der Waals surface area contributed by atoms with Crippen LogP contribution in [0.15, 0.2) is 30.6 Å². The van der Waals surface area contributed by atoms with E-state index in [1.54, 1.807) is 11.3 Å². The number of rotatable bonds is 6. The van der Waals surface area contributed by atoms with Gasteiger partial charge in [-0.25, -0.2) is 4.98 Å². The third-order valence-corrected chi connectivity index (χ3v) is 6.60. The fraction of sp³-hybridized carbons (Fsp3) is 0.474. The summed E-state index contributed by atoms with van der Waals surface area (Å²) in [4.78, 5) is 5.64. The third-order valence-electron chi connectivity index (χ3n) is 5.16. The summed E-state index contributed by atoms with van der Waals surface area (Å²) in [6, 6.07) is 6.43. The largest absolute Gasteiger partial charge is 0.360 e. The Balaban J connectivity index is 1.31. The number of nitrogens with two attached hydrogens (primary N) is 1. The van der Waals surface area contributed by atoms with Crippen LogP contribution in [0, 0.1) is 5.92 Å². The average Bonchev–Trinajstić information content (AvgIpc) is 3.30. The first-order valence-corrected chi connectivity index (χ1v) is 10.5. The van der Waals surface area contributed by atoms with Crippen molar-refractivity contribution in [3.05, 3.63) is 30.6 Å². The normalized spacial score (nSPS) is 21.8. The van der Waals surface area contributed by atoms with Gasteiger partial charge in [0.15, 0.2) is 5.13 Å². The summed E-state index contributed by atoms with van der Waals surface area (Å²) in [5.74, 6) is 0.718. The molecule has 3 aromatic rings. The molecule has 0 saturated heterocycles. The molecule has 7 heteroatoms. The number of nitrogens with zero attached hydrogens (tertiary/aromatic N) is 2. The van der Waals surface area contributed by atoms with Crippen LogP contribution in [0.5, 0.6) is 0 Å². The molecule has 1 aliphatic carbocycles. The summed E-state index contributed by atoms with van der Waals surface area (Å²) in [6.45, 7) is 0.758. The Kier molecular flexibility index (Phi) is 5.43. The zero-order chi connectivity index (χ0) is 17.9. The van der Waals surface area contributed by atoms with E-state index in [-0.39, 0.29) is 6.04 Å². The Morgan fingerprint density at radius 3 is 2.96 bits per heavy atom. The molecule has 1 aliphatic rings. The number of aromatic nitrogens is 3. The number of aromatic amines is 1. The number of H-pyrrole nitrogens is 1. The predicted molar refractivity (Wildman–Crippen MR) is 110 cm³/mol. The molecule has 1 aromatic carbocycles. The van der Waals surface area contributed by atoms with Crippen molar-refractivity contribution >= 4 is 39.0 Å². The second-order valence-electron chi connectivity index (χ2n) is 7.20. The molecule has 2 aromatic heterocycles. The molecule has 1 saturated carbocycles. The summed E-state index contributed by atoms with van der Waals surface area (Å²) >= 11 is 7.84. The first-order chi connectivity index (χ1) is 12.7. The molecule has 0 amide bonds. The molecular weight excluding hydrogens is 366 g/mol. The number of benzene rings is 1. The maximum atomic E-state index is 6.33. The Labute approximate surface area is 162 Å². The van der Waals surface area contributed by atoms with Crippen LogP contribution in [-0.2, 0) is 0 Å². The van der Waals surface area contributed by atoms with E-state index in [0.29, 0.717) is 5.38 Å². The molecule has 0 aliphatic heterocycles. The molecule has 26 heavy (non-hydrogen) atoms. The summed E-state index contributed by atoms with van der Waals surface area (Å²) in [6.07, 6.45) is 9.50. The van der Waals surface area contributed by atoms with Gasteiger partial charge in [-0.15, -0.1) is 11.6 Å². The fourth-order valence-corrected chi connectivity index (χ4v) is 4.74. The average molecular weight is 390 g/mol. The minimum atomic E-state index is 0.154. The number of thiazole rings is 1. The fourth-order valence-electron chi connectivity index (χ4n) is 3.67. The van der Waals surface area contributed by atoms with Crippen LogP contribution in [0.3, 0.4) is 0 Å². The minimum Gasteiger partial charge on any atom is -0.360 e. The maximum absolute atomic E-state index is 6.33. The van der Waals surface area contributed by atoms with Crippen LogP contribution in [0.2, 0.25) is 0 Å². The van der Waals surface area contributed by atoms with E-state index in [9.17, 15) is 0 Å². The van der Waals surface area contributed by atoms with Crippen LogP contribution in [0.25, 0.3) is 21.3 Å². The standard InChI is InChI=1S/C19H24ClN5S/c20-15-4-1-12(2-5-15)7-16(21)10-22-19-23-11-18(26-19)13-3-6-17-14(8-13)9-24-25-17/h3,6,8-9,11-12,15-16H,1-2,4-5,7,10,21H2,(H,22,23)(H,24,25)/t12?,15?,16-/m0/s1. The smallest absolute Gasteiger partial charge is 0.183 e. The van der Waals surface area contributed by atoms with Gasteiger partial charge < -0.3 is 11.1 Å². The highest BCUT2D eigenvalue weighted by Crippen LogP contribution is 2.32. The Hall–Kier alpha value is -1.63. The van der Waals surface area contributed by atoms with Crippen molar-refractivity contribution in [3.63, 3.8) is 0 Å². The lowest BCUT2D eigenvalue weighted by Crippen LogP contribution is -2.32. The lowest BCUT2D eigenvalue weighted by Gasteiger charge is -2.27. The summed E-state index contributed by atoms with van der Waals surface area (Å²) < 4.78 is 0. The second kappa shape index (κ2) is 7.94. The Morgan fingerprint density at radius 1 is 1.27 bits per heavy atom. The molecule has 1 atom stereocenters. The van der Waals surface area contributed by atoms with Crippen molar-refractivity contribution in [2.24, 2.45) is 11.7 Å². The van der Waals surface area contributed by atoms with Gasteiger partial charge in [-0.05, 0) is 55.7 Å². The molecule has 5 nitrogen and oxygen atoms in total. The van der Waals surface area contributed by atoms with Crippen LogP contribution < -0.4 is 11.1 Å². The van der Waals surface area contributed by atoms with Crippen LogP contribution >= 0.6 is 22.9 Å². The molecule has 138 valence electrons. The van der Waals surface area contributed by atoms with Crippen molar-refractivity contribution in [1.29, 1.82) is 0 Å². The quantitative estimate of drug-likeness (QED) is 0.537. The molecular formula is C19H24ClN5S. The van der Waals surface area contributed by atoms with Gasteiger partial charge in [0.05, 0.1) is 16.6 Å².